The third-order valence-corrected chi connectivity index (χ3v) is 1.58. The van der Waals surface area contributed by atoms with Gasteiger partial charge in [0.2, 0.25) is 5.91 Å². The predicted octanol–water partition coefficient (Wildman–Crippen LogP) is -0.512. The number of nitrogens with one attached hydrogen (secondary N) is 1. The zero-order chi connectivity index (χ0) is 10.4. The molecule has 1 amide bonds. The SMILES string of the molecule is N#CCNC(=O)Cn1ccccc1=O. The second-order valence-electron chi connectivity index (χ2n) is 2.60. The Bertz CT molecular complexity index is 417. The third-order valence-electron chi connectivity index (χ3n) is 1.58. The molecule has 1 N–H and O–H groups in total. The van der Waals surface area contributed by atoms with Crippen molar-refractivity contribution in [2.24, 2.45) is 0 Å². The molecule has 5 heteroatoms. The summed E-state index contributed by atoms with van der Waals surface area (Å²) in [6.45, 7) is -0.0955. The monoisotopic (exact) mass is 191 g/mol. The molecule has 1 rings (SSSR count). The van der Waals surface area contributed by atoms with E-state index in [2.05, 4.69) is 5.32 Å². The van der Waals surface area contributed by atoms with Crippen LogP contribution in [0.15, 0.2) is 29.2 Å². The second-order valence-corrected chi connectivity index (χ2v) is 2.60. The maximum Gasteiger partial charge on any atom is 0.250 e. The number of amides is 1. The van der Waals surface area contributed by atoms with Gasteiger partial charge in [-0.05, 0) is 6.07 Å². The molecule has 0 radical (unpaired) electrons. The van der Waals surface area contributed by atoms with E-state index >= 15 is 0 Å². The molecule has 0 aromatic carbocycles. The first-order valence-electron chi connectivity index (χ1n) is 4.03. The van der Waals surface area contributed by atoms with E-state index in [-0.39, 0.29) is 24.6 Å². The Morgan fingerprint density at radius 3 is 3.00 bits per heavy atom. The van der Waals surface area contributed by atoms with Crippen LogP contribution in [0.2, 0.25) is 0 Å². The second kappa shape index (κ2) is 4.82. The van der Waals surface area contributed by atoms with Gasteiger partial charge >= 0.3 is 0 Å². The lowest BCUT2D eigenvalue weighted by Crippen LogP contribution is -2.31. The number of carbonyl (C=O) groups is 1. The van der Waals surface area contributed by atoms with Crippen LogP contribution in [-0.2, 0) is 11.3 Å². The predicted molar refractivity (Wildman–Crippen MR) is 49.3 cm³/mol. The number of hydrogen-bond donors (Lipinski definition) is 1. The van der Waals surface area contributed by atoms with Crippen LogP contribution in [0.5, 0.6) is 0 Å². The molecule has 0 aliphatic rings. The lowest BCUT2D eigenvalue weighted by Gasteiger charge is -2.03. The van der Waals surface area contributed by atoms with Crippen molar-refractivity contribution in [3.8, 4) is 6.07 Å². The topological polar surface area (TPSA) is 74.9 Å². The van der Waals surface area contributed by atoms with Crippen LogP contribution >= 0.6 is 0 Å². The Kier molecular flexibility index (Phi) is 3.44. The average molecular weight is 191 g/mol. The molecule has 0 aliphatic carbocycles. The molecule has 0 unspecified atom stereocenters. The molecule has 0 atom stereocenters. The molecule has 0 spiro atoms. The highest BCUT2D eigenvalue weighted by molar-refractivity contribution is 5.75. The highest BCUT2D eigenvalue weighted by Crippen LogP contribution is 1.81. The lowest BCUT2D eigenvalue weighted by atomic mass is 10.4. The van der Waals surface area contributed by atoms with Gasteiger partial charge in [0.1, 0.15) is 13.1 Å². The van der Waals surface area contributed by atoms with Crippen LogP contribution in [-0.4, -0.2) is 17.0 Å². The van der Waals surface area contributed by atoms with Gasteiger partial charge in [-0.3, -0.25) is 9.59 Å². The van der Waals surface area contributed by atoms with Crippen LogP contribution in [0, 0.1) is 11.3 Å². The van der Waals surface area contributed by atoms with Gasteiger partial charge in [-0.15, -0.1) is 0 Å². The Hall–Kier alpha value is -2.09. The molecule has 1 aromatic heterocycles. The summed E-state index contributed by atoms with van der Waals surface area (Å²) in [6.07, 6.45) is 1.52. The van der Waals surface area contributed by atoms with Gasteiger partial charge in [0.05, 0.1) is 6.07 Å². The van der Waals surface area contributed by atoms with E-state index in [1.54, 1.807) is 18.2 Å². The summed E-state index contributed by atoms with van der Waals surface area (Å²) in [5, 5.41) is 10.6. The Balaban J connectivity index is 2.62. The number of hydrogen-bond acceptors (Lipinski definition) is 3. The summed E-state index contributed by atoms with van der Waals surface area (Å²) < 4.78 is 1.27. The highest BCUT2D eigenvalue weighted by Gasteiger charge is 2.01. The van der Waals surface area contributed by atoms with Crippen LogP contribution in [0.25, 0.3) is 0 Å². The van der Waals surface area contributed by atoms with Crippen molar-refractivity contribution in [1.29, 1.82) is 5.26 Å². The standard InChI is InChI=1S/C9H9N3O2/c10-4-5-11-8(13)7-12-6-2-1-3-9(12)14/h1-3,6H,5,7H2,(H,11,13). The number of rotatable bonds is 3. The van der Waals surface area contributed by atoms with Crippen molar-refractivity contribution in [1.82, 2.24) is 9.88 Å². The maximum absolute atomic E-state index is 11.1. The number of nitriles is 1. The van der Waals surface area contributed by atoms with Crippen LogP contribution in [0.1, 0.15) is 0 Å². The van der Waals surface area contributed by atoms with Gasteiger partial charge in [-0.25, -0.2) is 0 Å². The van der Waals surface area contributed by atoms with Crippen LogP contribution in [0.4, 0.5) is 0 Å². The van der Waals surface area contributed by atoms with Gasteiger partial charge in [0.25, 0.3) is 5.56 Å². The zero-order valence-corrected chi connectivity index (χ0v) is 7.43. The van der Waals surface area contributed by atoms with E-state index in [1.807, 2.05) is 0 Å². The molecule has 0 saturated carbocycles. The molecule has 5 nitrogen and oxygen atoms in total. The Morgan fingerprint density at radius 2 is 2.36 bits per heavy atom. The summed E-state index contributed by atoms with van der Waals surface area (Å²) in [5.41, 5.74) is -0.236. The molecule has 1 aromatic rings. The first kappa shape index (κ1) is 9.99. The fraction of sp³-hybridized carbons (Fsp3) is 0.222. The van der Waals surface area contributed by atoms with Crippen molar-refractivity contribution < 1.29 is 4.79 Å². The summed E-state index contributed by atoms with van der Waals surface area (Å²) in [5.74, 6) is -0.347. The Labute approximate surface area is 80.6 Å². The van der Waals surface area contributed by atoms with Crippen molar-refractivity contribution >= 4 is 5.91 Å². The molecule has 0 saturated heterocycles. The van der Waals surface area contributed by atoms with E-state index in [0.717, 1.165) is 0 Å². The quantitative estimate of drug-likeness (QED) is 0.654. The van der Waals surface area contributed by atoms with Crippen molar-refractivity contribution in [2.75, 3.05) is 6.54 Å². The first-order chi connectivity index (χ1) is 6.74. The Morgan fingerprint density at radius 1 is 1.57 bits per heavy atom. The van der Waals surface area contributed by atoms with Gasteiger partial charge in [-0.1, -0.05) is 6.07 Å². The minimum absolute atomic E-state index is 0.0413. The minimum atomic E-state index is -0.347. The van der Waals surface area contributed by atoms with E-state index in [9.17, 15) is 9.59 Å². The fourth-order valence-electron chi connectivity index (χ4n) is 0.940. The molecule has 14 heavy (non-hydrogen) atoms. The summed E-state index contributed by atoms with van der Waals surface area (Å²) in [4.78, 5) is 22.2. The fourth-order valence-corrected chi connectivity index (χ4v) is 0.940. The average Bonchev–Trinajstić information content (AvgIpc) is 2.18. The molecule has 0 aliphatic heterocycles. The van der Waals surface area contributed by atoms with Crippen molar-refractivity contribution in [3.05, 3.63) is 34.7 Å². The lowest BCUT2D eigenvalue weighted by molar-refractivity contribution is -0.121. The van der Waals surface area contributed by atoms with E-state index in [4.69, 9.17) is 5.26 Å². The van der Waals surface area contributed by atoms with Crippen molar-refractivity contribution in [2.45, 2.75) is 6.54 Å². The number of carbonyl (C=O) groups excluding carboxylic acids is 1. The van der Waals surface area contributed by atoms with E-state index < -0.39 is 0 Å². The summed E-state index contributed by atoms with van der Waals surface area (Å²) >= 11 is 0. The first-order valence-corrected chi connectivity index (χ1v) is 4.03. The molecule has 72 valence electrons. The number of aromatic nitrogens is 1. The van der Waals surface area contributed by atoms with Gasteiger partial charge in [0.15, 0.2) is 0 Å². The molecule has 0 bridgehead atoms. The third kappa shape index (κ3) is 2.75. The summed E-state index contributed by atoms with van der Waals surface area (Å²) in [7, 11) is 0. The van der Waals surface area contributed by atoms with E-state index in [0.29, 0.717) is 0 Å². The highest BCUT2D eigenvalue weighted by atomic mass is 16.2. The molecular formula is C9H9N3O2. The van der Waals surface area contributed by atoms with Gasteiger partial charge in [0, 0.05) is 12.3 Å². The number of nitrogens with zero attached hydrogens (tertiary/aromatic N) is 2. The zero-order valence-electron chi connectivity index (χ0n) is 7.43. The maximum atomic E-state index is 11.1. The normalized spacial score (nSPS) is 9.07. The number of pyridine rings is 1. The molecular weight excluding hydrogens is 182 g/mol. The van der Waals surface area contributed by atoms with Gasteiger partial charge < -0.3 is 9.88 Å². The smallest absolute Gasteiger partial charge is 0.250 e. The largest absolute Gasteiger partial charge is 0.341 e. The van der Waals surface area contributed by atoms with Crippen LogP contribution < -0.4 is 10.9 Å². The van der Waals surface area contributed by atoms with E-state index in [1.165, 1.54) is 16.8 Å². The molecule has 0 fully saturated rings. The van der Waals surface area contributed by atoms with Crippen LogP contribution in [0.3, 0.4) is 0 Å². The van der Waals surface area contributed by atoms with Gasteiger partial charge in [-0.2, -0.15) is 5.26 Å². The summed E-state index contributed by atoms with van der Waals surface area (Å²) in [6, 6.07) is 6.42. The minimum Gasteiger partial charge on any atom is -0.341 e. The molecule has 1 heterocycles. The van der Waals surface area contributed by atoms with Crippen molar-refractivity contribution in [3.63, 3.8) is 0 Å².